The maximum Gasteiger partial charge on any atom is 0.161 e. The number of rotatable bonds is 10. The van der Waals surface area contributed by atoms with Gasteiger partial charge in [0.05, 0.1) is 6.61 Å². The molecule has 0 amide bonds. The fourth-order valence-corrected chi connectivity index (χ4v) is 3.55. The molecule has 4 nitrogen and oxygen atoms in total. The quantitative estimate of drug-likeness (QED) is 0.491. The van der Waals surface area contributed by atoms with Crippen molar-refractivity contribution >= 4 is 10.9 Å². The van der Waals surface area contributed by atoms with Gasteiger partial charge in [0.25, 0.3) is 0 Å². The van der Waals surface area contributed by atoms with Crippen molar-refractivity contribution in [2.75, 3.05) is 19.8 Å². The van der Waals surface area contributed by atoms with Crippen molar-refractivity contribution in [3.63, 3.8) is 0 Å². The van der Waals surface area contributed by atoms with E-state index in [0.717, 1.165) is 37.0 Å². The Morgan fingerprint density at radius 1 is 1.00 bits per heavy atom. The predicted octanol–water partition coefficient (Wildman–Crippen LogP) is 4.95. The number of H-pyrrole nitrogens is 1. The van der Waals surface area contributed by atoms with Crippen LogP contribution in [0.4, 0.5) is 0 Å². The molecular formula is C24H30N2O2. The maximum atomic E-state index is 6.00. The standard InChI is InChI=1S/C24H30N2O2/c1-24(2,15-19-16-25-21-8-4-3-7-20(19)21)26-13-14-27-22-9-5-6-10-23(22)28-17-18-11-12-18/h3-10,16,18,25-26H,11-15,17H2,1-2H3. The lowest BCUT2D eigenvalue weighted by atomic mass is 9.94. The summed E-state index contributed by atoms with van der Waals surface area (Å²) in [5.41, 5.74) is 2.52. The summed E-state index contributed by atoms with van der Waals surface area (Å²) >= 11 is 0. The molecule has 1 fully saturated rings. The number of hydrogen-bond donors (Lipinski definition) is 2. The first kappa shape index (κ1) is 18.9. The van der Waals surface area contributed by atoms with Crippen LogP contribution < -0.4 is 14.8 Å². The van der Waals surface area contributed by atoms with E-state index in [-0.39, 0.29) is 5.54 Å². The van der Waals surface area contributed by atoms with Crippen molar-refractivity contribution in [3.8, 4) is 11.5 Å². The number of hydrogen-bond acceptors (Lipinski definition) is 3. The van der Waals surface area contributed by atoms with Gasteiger partial charge in [0.15, 0.2) is 11.5 Å². The van der Waals surface area contributed by atoms with Crippen LogP contribution in [0.3, 0.4) is 0 Å². The monoisotopic (exact) mass is 378 g/mol. The van der Waals surface area contributed by atoms with Gasteiger partial charge in [-0.05, 0) is 62.8 Å². The fourth-order valence-electron chi connectivity index (χ4n) is 3.55. The minimum Gasteiger partial charge on any atom is -0.489 e. The summed E-state index contributed by atoms with van der Waals surface area (Å²) in [5.74, 6) is 2.42. The Kier molecular flexibility index (Phi) is 5.58. The number of aromatic nitrogens is 1. The van der Waals surface area contributed by atoms with E-state index >= 15 is 0 Å². The third kappa shape index (κ3) is 4.87. The molecule has 4 rings (SSSR count). The van der Waals surface area contributed by atoms with Gasteiger partial charge in [-0.1, -0.05) is 30.3 Å². The summed E-state index contributed by atoms with van der Waals surface area (Å²) in [7, 11) is 0. The van der Waals surface area contributed by atoms with Crippen molar-refractivity contribution in [3.05, 3.63) is 60.3 Å². The summed E-state index contributed by atoms with van der Waals surface area (Å²) in [6, 6.07) is 16.4. The molecule has 3 aromatic rings. The van der Waals surface area contributed by atoms with E-state index in [4.69, 9.17) is 9.47 Å². The largest absolute Gasteiger partial charge is 0.489 e. The van der Waals surface area contributed by atoms with Gasteiger partial charge in [-0.15, -0.1) is 0 Å². The van der Waals surface area contributed by atoms with E-state index in [1.54, 1.807) is 0 Å². The van der Waals surface area contributed by atoms with Crippen LogP contribution in [0.5, 0.6) is 11.5 Å². The van der Waals surface area contributed by atoms with Crippen LogP contribution in [0, 0.1) is 5.92 Å². The zero-order chi connectivity index (χ0) is 19.4. The Labute approximate surface area is 167 Å². The van der Waals surface area contributed by atoms with E-state index in [9.17, 15) is 0 Å². The van der Waals surface area contributed by atoms with Gasteiger partial charge < -0.3 is 19.8 Å². The highest BCUT2D eigenvalue weighted by Crippen LogP contribution is 2.32. The highest BCUT2D eigenvalue weighted by molar-refractivity contribution is 5.83. The molecule has 0 unspecified atom stereocenters. The molecule has 1 aliphatic carbocycles. The molecule has 0 bridgehead atoms. The highest BCUT2D eigenvalue weighted by atomic mass is 16.5. The molecule has 1 aliphatic rings. The smallest absolute Gasteiger partial charge is 0.161 e. The Balaban J connectivity index is 1.27. The summed E-state index contributed by atoms with van der Waals surface area (Å²) < 4.78 is 11.9. The lowest BCUT2D eigenvalue weighted by Crippen LogP contribution is -2.43. The van der Waals surface area contributed by atoms with Gasteiger partial charge in [-0.2, -0.15) is 0 Å². The van der Waals surface area contributed by atoms with E-state index in [1.807, 2.05) is 24.3 Å². The molecule has 0 atom stereocenters. The molecule has 148 valence electrons. The predicted molar refractivity (Wildman–Crippen MR) is 114 cm³/mol. The van der Waals surface area contributed by atoms with E-state index < -0.39 is 0 Å². The number of para-hydroxylation sites is 3. The summed E-state index contributed by atoms with van der Waals surface area (Å²) in [4.78, 5) is 3.36. The second kappa shape index (κ2) is 8.27. The van der Waals surface area contributed by atoms with E-state index in [0.29, 0.717) is 6.61 Å². The van der Waals surface area contributed by atoms with Gasteiger partial charge in [-0.3, -0.25) is 0 Å². The Morgan fingerprint density at radius 2 is 1.71 bits per heavy atom. The molecule has 1 aromatic heterocycles. The fraction of sp³-hybridized carbons (Fsp3) is 0.417. The van der Waals surface area contributed by atoms with Gasteiger partial charge in [-0.25, -0.2) is 0 Å². The van der Waals surface area contributed by atoms with Gasteiger partial charge >= 0.3 is 0 Å². The first-order valence-corrected chi connectivity index (χ1v) is 10.3. The zero-order valence-electron chi connectivity index (χ0n) is 16.8. The Morgan fingerprint density at radius 3 is 2.50 bits per heavy atom. The van der Waals surface area contributed by atoms with Gasteiger partial charge in [0, 0.05) is 29.2 Å². The van der Waals surface area contributed by atoms with Crippen LogP contribution in [0.2, 0.25) is 0 Å². The Hall–Kier alpha value is -2.46. The average molecular weight is 379 g/mol. The van der Waals surface area contributed by atoms with Crippen LogP contribution >= 0.6 is 0 Å². The molecule has 28 heavy (non-hydrogen) atoms. The third-order valence-corrected chi connectivity index (χ3v) is 5.29. The van der Waals surface area contributed by atoms with Gasteiger partial charge in [0.1, 0.15) is 6.61 Å². The molecule has 0 spiro atoms. The number of fused-ring (bicyclic) bond motifs is 1. The summed E-state index contributed by atoms with van der Waals surface area (Å²) in [6.45, 7) is 6.67. The molecule has 2 aromatic carbocycles. The molecule has 0 radical (unpaired) electrons. The molecule has 1 saturated carbocycles. The van der Waals surface area contributed by atoms with Crippen LogP contribution in [0.1, 0.15) is 32.3 Å². The molecule has 2 N–H and O–H groups in total. The third-order valence-electron chi connectivity index (χ3n) is 5.29. The second-order valence-corrected chi connectivity index (χ2v) is 8.40. The van der Waals surface area contributed by atoms with Crippen molar-refractivity contribution < 1.29 is 9.47 Å². The summed E-state index contributed by atoms with van der Waals surface area (Å²) in [5, 5.41) is 4.93. The average Bonchev–Trinajstić information content (AvgIpc) is 3.45. The summed E-state index contributed by atoms with van der Waals surface area (Å²) in [6.07, 6.45) is 5.66. The molecular weight excluding hydrogens is 348 g/mol. The molecule has 0 saturated heterocycles. The Bertz CT molecular complexity index is 912. The number of nitrogens with one attached hydrogen (secondary N) is 2. The van der Waals surface area contributed by atoms with Crippen LogP contribution in [0.25, 0.3) is 10.9 Å². The van der Waals surface area contributed by atoms with Crippen molar-refractivity contribution in [1.82, 2.24) is 10.3 Å². The van der Waals surface area contributed by atoms with E-state index in [1.165, 1.54) is 29.3 Å². The van der Waals surface area contributed by atoms with Gasteiger partial charge in [0.2, 0.25) is 0 Å². The number of aromatic amines is 1. The van der Waals surface area contributed by atoms with Crippen LogP contribution in [0.15, 0.2) is 54.7 Å². The SMILES string of the molecule is CC(C)(Cc1c[nH]c2ccccc12)NCCOc1ccccc1OCC1CC1. The van der Waals surface area contributed by atoms with E-state index in [2.05, 4.69) is 54.6 Å². The van der Waals surface area contributed by atoms with Crippen molar-refractivity contribution in [2.45, 2.75) is 38.6 Å². The topological polar surface area (TPSA) is 46.3 Å². The maximum absolute atomic E-state index is 6.00. The highest BCUT2D eigenvalue weighted by Gasteiger charge is 2.22. The minimum absolute atomic E-state index is 0.0175. The second-order valence-electron chi connectivity index (χ2n) is 8.40. The first-order valence-electron chi connectivity index (χ1n) is 10.3. The normalized spacial score (nSPS) is 14.4. The van der Waals surface area contributed by atoms with Crippen LogP contribution in [-0.4, -0.2) is 30.3 Å². The van der Waals surface area contributed by atoms with Crippen molar-refractivity contribution in [1.29, 1.82) is 0 Å². The first-order chi connectivity index (χ1) is 13.6. The minimum atomic E-state index is -0.0175. The molecule has 1 heterocycles. The molecule has 0 aliphatic heterocycles. The van der Waals surface area contributed by atoms with Crippen molar-refractivity contribution in [2.24, 2.45) is 5.92 Å². The van der Waals surface area contributed by atoms with Crippen LogP contribution in [-0.2, 0) is 6.42 Å². The lowest BCUT2D eigenvalue weighted by Gasteiger charge is -2.26. The lowest BCUT2D eigenvalue weighted by molar-refractivity contribution is 0.250. The number of benzene rings is 2. The molecule has 4 heteroatoms. The number of ether oxygens (including phenoxy) is 2. The zero-order valence-corrected chi connectivity index (χ0v) is 16.8.